The molecule has 2 amide bonds. The summed E-state index contributed by atoms with van der Waals surface area (Å²) in [6, 6.07) is 13.7. The first kappa shape index (κ1) is 28.7. The van der Waals surface area contributed by atoms with Gasteiger partial charge in [0.2, 0.25) is 21.8 Å². The number of rotatable bonds is 12. The van der Waals surface area contributed by atoms with Gasteiger partial charge in [-0.1, -0.05) is 48.9 Å². The number of nitrogens with one attached hydrogen (secondary N) is 1. The lowest BCUT2D eigenvalue weighted by molar-refractivity contribution is -0.140. The maximum absolute atomic E-state index is 13.3. The molecule has 0 aromatic heterocycles. The minimum absolute atomic E-state index is 0.00475. The average molecular weight is 522 g/mol. The molecule has 2 aromatic carbocycles. The van der Waals surface area contributed by atoms with Crippen LogP contribution in [0.1, 0.15) is 51.2 Å². The van der Waals surface area contributed by atoms with Crippen LogP contribution in [0.25, 0.3) is 0 Å². The Morgan fingerprint density at radius 2 is 1.69 bits per heavy atom. The van der Waals surface area contributed by atoms with E-state index in [4.69, 9.17) is 11.6 Å². The van der Waals surface area contributed by atoms with Gasteiger partial charge in [0.1, 0.15) is 6.04 Å². The number of carbonyl (C=O) groups excluding carboxylic acids is 2. The van der Waals surface area contributed by atoms with Gasteiger partial charge < -0.3 is 10.2 Å². The van der Waals surface area contributed by atoms with Crippen LogP contribution in [-0.2, 0) is 26.2 Å². The highest BCUT2D eigenvalue weighted by molar-refractivity contribution is 7.92. The van der Waals surface area contributed by atoms with Crippen LogP contribution < -0.4 is 9.62 Å². The second-order valence-electron chi connectivity index (χ2n) is 8.87. The van der Waals surface area contributed by atoms with E-state index < -0.39 is 16.1 Å². The molecule has 192 valence electrons. The second kappa shape index (κ2) is 12.9. The predicted octanol–water partition coefficient (Wildman–Crippen LogP) is 4.53. The molecule has 0 aliphatic carbocycles. The van der Waals surface area contributed by atoms with Crippen molar-refractivity contribution in [2.45, 2.75) is 65.6 Å². The molecule has 0 aliphatic rings. The average Bonchev–Trinajstić information content (AvgIpc) is 2.80. The molecule has 0 aliphatic heterocycles. The Morgan fingerprint density at radius 1 is 1.06 bits per heavy atom. The van der Waals surface area contributed by atoms with Crippen LogP contribution in [0, 0.1) is 6.92 Å². The van der Waals surface area contributed by atoms with Crippen LogP contribution >= 0.6 is 11.6 Å². The molecule has 2 atom stereocenters. The van der Waals surface area contributed by atoms with Crippen molar-refractivity contribution in [2.24, 2.45) is 0 Å². The van der Waals surface area contributed by atoms with E-state index in [-0.39, 0.29) is 37.4 Å². The highest BCUT2D eigenvalue weighted by Crippen LogP contribution is 2.23. The quantitative estimate of drug-likeness (QED) is 0.444. The van der Waals surface area contributed by atoms with Gasteiger partial charge in [-0.15, -0.1) is 0 Å². The molecule has 0 fully saturated rings. The van der Waals surface area contributed by atoms with Crippen molar-refractivity contribution in [3.63, 3.8) is 0 Å². The predicted molar refractivity (Wildman–Crippen MR) is 142 cm³/mol. The smallest absolute Gasteiger partial charge is 0.242 e. The van der Waals surface area contributed by atoms with Crippen molar-refractivity contribution >= 4 is 39.1 Å². The fourth-order valence-corrected chi connectivity index (χ4v) is 4.81. The molecular weight excluding hydrogens is 486 g/mol. The lowest BCUT2D eigenvalue weighted by atomic mass is 10.1. The Labute approximate surface area is 214 Å². The van der Waals surface area contributed by atoms with E-state index in [9.17, 15) is 18.0 Å². The highest BCUT2D eigenvalue weighted by atomic mass is 35.5. The fraction of sp³-hybridized carbons (Fsp3) is 0.462. The van der Waals surface area contributed by atoms with Crippen LogP contribution in [0.3, 0.4) is 0 Å². The van der Waals surface area contributed by atoms with Gasteiger partial charge >= 0.3 is 0 Å². The molecule has 0 saturated heterocycles. The van der Waals surface area contributed by atoms with E-state index >= 15 is 0 Å². The summed E-state index contributed by atoms with van der Waals surface area (Å²) >= 11 is 6.00. The number of aryl methyl sites for hydroxylation is 1. The largest absolute Gasteiger partial charge is 0.352 e. The summed E-state index contributed by atoms with van der Waals surface area (Å²) in [5, 5.41) is 3.53. The minimum Gasteiger partial charge on any atom is -0.352 e. The van der Waals surface area contributed by atoms with Gasteiger partial charge in [0.05, 0.1) is 11.9 Å². The second-order valence-corrected chi connectivity index (χ2v) is 11.2. The van der Waals surface area contributed by atoms with Crippen molar-refractivity contribution in [3.8, 4) is 0 Å². The fourth-order valence-electron chi connectivity index (χ4n) is 3.66. The Kier molecular flexibility index (Phi) is 10.6. The summed E-state index contributed by atoms with van der Waals surface area (Å²) < 4.78 is 26.2. The number of nitrogens with zero attached hydrogens (tertiary/aromatic N) is 2. The third-order valence-corrected chi connectivity index (χ3v) is 7.40. The van der Waals surface area contributed by atoms with E-state index in [0.717, 1.165) is 23.8 Å². The zero-order chi connectivity index (χ0) is 26.2. The van der Waals surface area contributed by atoms with Crippen molar-refractivity contribution in [1.29, 1.82) is 0 Å². The summed E-state index contributed by atoms with van der Waals surface area (Å²) in [6.45, 7) is 7.87. The molecule has 2 rings (SSSR count). The summed E-state index contributed by atoms with van der Waals surface area (Å²) in [4.78, 5) is 27.7. The van der Waals surface area contributed by atoms with Gasteiger partial charge in [0.15, 0.2) is 0 Å². The van der Waals surface area contributed by atoms with E-state index in [1.54, 1.807) is 36.1 Å². The number of benzene rings is 2. The monoisotopic (exact) mass is 521 g/mol. The van der Waals surface area contributed by atoms with Gasteiger partial charge in [-0.3, -0.25) is 13.9 Å². The molecular formula is C26H36ClN3O4S. The van der Waals surface area contributed by atoms with Crippen molar-refractivity contribution in [1.82, 2.24) is 10.2 Å². The number of hydrogen-bond acceptors (Lipinski definition) is 4. The van der Waals surface area contributed by atoms with E-state index in [0.29, 0.717) is 17.1 Å². The van der Waals surface area contributed by atoms with Gasteiger partial charge in [0, 0.05) is 30.6 Å². The minimum atomic E-state index is -3.53. The third-order valence-electron chi connectivity index (χ3n) is 5.97. The Morgan fingerprint density at radius 3 is 2.26 bits per heavy atom. The molecule has 35 heavy (non-hydrogen) atoms. The number of para-hydroxylation sites is 1. The molecule has 9 heteroatoms. The molecule has 0 saturated carbocycles. The zero-order valence-electron chi connectivity index (χ0n) is 21.1. The van der Waals surface area contributed by atoms with E-state index in [2.05, 4.69) is 5.32 Å². The molecule has 2 aromatic rings. The number of halogens is 1. The molecule has 0 spiro atoms. The number of sulfonamides is 1. The van der Waals surface area contributed by atoms with Gasteiger partial charge in [0.25, 0.3) is 0 Å². The third kappa shape index (κ3) is 8.54. The first-order valence-electron chi connectivity index (χ1n) is 11.8. The molecule has 1 N–H and O–H groups in total. The molecule has 7 nitrogen and oxygen atoms in total. The highest BCUT2D eigenvalue weighted by Gasteiger charge is 2.27. The Hall–Kier alpha value is -2.58. The maximum Gasteiger partial charge on any atom is 0.242 e. The maximum atomic E-state index is 13.3. The Balaban J connectivity index is 2.17. The zero-order valence-corrected chi connectivity index (χ0v) is 22.7. The number of hydrogen-bond donors (Lipinski definition) is 1. The first-order valence-corrected chi connectivity index (χ1v) is 14.0. The standard InChI is InChI=1S/C26H36ClN3O4S/c1-6-20(3)28-26(32)21(4)29(18-22-13-15-23(27)16-14-22)25(31)12-9-17-30(35(5,33)34)24-11-8-7-10-19(24)2/h7-8,10-11,13-16,20-21H,6,9,12,17-18H2,1-5H3,(H,28,32)/t20-,21+/m0/s1. The van der Waals surface area contributed by atoms with E-state index in [1.807, 2.05) is 45.0 Å². The number of anilines is 1. The summed E-state index contributed by atoms with van der Waals surface area (Å²) in [5.74, 6) is -0.440. The first-order chi connectivity index (χ1) is 16.4. The van der Waals surface area contributed by atoms with Crippen LogP contribution in [-0.4, -0.2) is 50.0 Å². The van der Waals surface area contributed by atoms with Crippen LogP contribution in [0.5, 0.6) is 0 Å². The van der Waals surface area contributed by atoms with Crippen molar-refractivity contribution in [3.05, 3.63) is 64.7 Å². The summed E-state index contributed by atoms with van der Waals surface area (Å²) in [5.41, 5.74) is 2.29. The van der Waals surface area contributed by atoms with E-state index in [1.165, 1.54) is 4.31 Å². The summed E-state index contributed by atoms with van der Waals surface area (Å²) in [6.07, 6.45) is 2.36. The number of carbonyl (C=O) groups is 2. The lowest BCUT2D eigenvalue weighted by Gasteiger charge is -2.30. The number of amides is 2. The molecule has 0 unspecified atom stereocenters. The van der Waals surface area contributed by atoms with Crippen molar-refractivity contribution < 1.29 is 18.0 Å². The van der Waals surface area contributed by atoms with Crippen LogP contribution in [0.2, 0.25) is 5.02 Å². The van der Waals surface area contributed by atoms with Crippen molar-refractivity contribution in [2.75, 3.05) is 17.1 Å². The van der Waals surface area contributed by atoms with Gasteiger partial charge in [-0.05, 0) is 62.9 Å². The normalized spacial score (nSPS) is 13.1. The molecule has 0 bridgehead atoms. The van der Waals surface area contributed by atoms with Gasteiger partial charge in [-0.25, -0.2) is 8.42 Å². The molecule has 0 radical (unpaired) electrons. The SMILES string of the molecule is CC[C@H](C)NC(=O)[C@@H](C)N(Cc1ccc(Cl)cc1)C(=O)CCCN(c1ccccc1C)S(C)(=O)=O. The van der Waals surface area contributed by atoms with Crippen LogP contribution in [0.15, 0.2) is 48.5 Å². The summed E-state index contributed by atoms with van der Waals surface area (Å²) in [7, 11) is -3.53. The Bertz CT molecular complexity index is 1110. The molecule has 0 heterocycles. The lowest BCUT2D eigenvalue weighted by Crippen LogP contribution is -2.49. The van der Waals surface area contributed by atoms with Gasteiger partial charge in [-0.2, -0.15) is 0 Å². The van der Waals surface area contributed by atoms with Crippen LogP contribution in [0.4, 0.5) is 5.69 Å². The topological polar surface area (TPSA) is 86.8 Å².